The minimum absolute atomic E-state index is 0.0876. The second-order valence-electron chi connectivity index (χ2n) is 4.29. The number of nitrogens with zero attached hydrogens (tertiary/aromatic N) is 1. The van der Waals surface area contributed by atoms with E-state index < -0.39 is 0 Å². The van der Waals surface area contributed by atoms with Gasteiger partial charge in [-0.25, -0.2) is 4.98 Å². The maximum atomic E-state index is 11.6. The summed E-state index contributed by atoms with van der Waals surface area (Å²) in [5.74, 6) is -0.0876. The van der Waals surface area contributed by atoms with Gasteiger partial charge >= 0.3 is 0 Å². The lowest BCUT2D eigenvalue weighted by Crippen LogP contribution is -2.17. The summed E-state index contributed by atoms with van der Waals surface area (Å²) in [5, 5.41) is 6.72. The second-order valence-corrected chi connectivity index (χ2v) is 5.29. The number of hydrogen-bond acceptors (Lipinski definition) is 4. The van der Waals surface area contributed by atoms with E-state index >= 15 is 0 Å². The van der Waals surface area contributed by atoms with E-state index in [9.17, 15) is 4.79 Å². The molecule has 19 heavy (non-hydrogen) atoms. The van der Waals surface area contributed by atoms with E-state index in [1.54, 1.807) is 7.05 Å². The summed E-state index contributed by atoms with van der Waals surface area (Å²) in [6, 6.07) is 10.3. The Balaban J connectivity index is 2.14. The summed E-state index contributed by atoms with van der Waals surface area (Å²) in [5.41, 5.74) is 1.95. The second kappa shape index (κ2) is 5.84. The van der Waals surface area contributed by atoms with Crippen LogP contribution in [0.2, 0.25) is 0 Å². The van der Waals surface area contributed by atoms with Gasteiger partial charge in [0.2, 0.25) is 0 Å². The highest BCUT2D eigenvalue weighted by Crippen LogP contribution is 2.26. The molecule has 5 heteroatoms. The fraction of sp³-hybridized carbons (Fsp3) is 0.286. The highest BCUT2D eigenvalue weighted by atomic mass is 32.1. The molecule has 0 spiro atoms. The van der Waals surface area contributed by atoms with Crippen molar-refractivity contribution < 1.29 is 4.79 Å². The highest BCUT2D eigenvalue weighted by Gasteiger charge is 2.15. The Morgan fingerprint density at radius 3 is 2.63 bits per heavy atom. The average Bonchev–Trinajstić information content (AvgIpc) is 2.79. The van der Waals surface area contributed by atoms with Crippen LogP contribution in [0.25, 0.3) is 0 Å². The first-order valence-electron chi connectivity index (χ1n) is 6.12. The molecule has 0 aliphatic rings. The van der Waals surface area contributed by atoms with Crippen LogP contribution in [0.3, 0.4) is 0 Å². The number of carbonyl (C=O) groups excluding carboxylic acids is 1. The van der Waals surface area contributed by atoms with Gasteiger partial charge in [0.25, 0.3) is 5.91 Å². The minimum Gasteiger partial charge on any atom is -0.355 e. The zero-order valence-electron chi connectivity index (χ0n) is 11.2. The van der Waals surface area contributed by atoms with Gasteiger partial charge < -0.3 is 10.6 Å². The van der Waals surface area contributed by atoms with Crippen molar-refractivity contribution in [1.82, 2.24) is 10.3 Å². The van der Waals surface area contributed by atoms with Crippen molar-refractivity contribution >= 4 is 22.4 Å². The molecule has 0 aliphatic carbocycles. The van der Waals surface area contributed by atoms with E-state index in [-0.39, 0.29) is 11.9 Å². The number of carbonyl (C=O) groups is 1. The number of amides is 1. The fourth-order valence-electron chi connectivity index (χ4n) is 1.79. The molecular formula is C14H17N3OS. The van der Waals surface area contributed by atoms with E-state index in [2.05, 4.69) is 34.7 Å². The molecule has 4 nitrogen and oxygen atoms in total. The van der Waals surface area contributed by atoms with Gasteiger partial charge in [-0.1, -0.05) is 41.7 Å². The maximum Gasteiger partial charge on any atom is 0.263 e. The molecule has 0 radical (unpaired) electrons. The Kier molecular flexibility index (Phi) is 4.16. The number of thiazole rings is 1. The van der Waals surface area contributed by atoms with Crippen molar-refractivity contribution in [3.8, 4) is 0 Å². The molecular weight excluding hydrogens is 258 g/mol. The number of rotatable bonds is 4. The Hall–Kier alpha value is -1.88. The number of nitrogens with one attached hydrogen (secondary N) is 2. The van der Waals surface area contributed by atoms with Crippen LogP contribution in [0, 0.1) is 6.92 Å². The molecule has 2 N–H and O–H groups in total. The number of aryl methyl sites for hydroxylation is 1. The number of anilines is 1. The zero-order chi connectivity index (χ0) is 13.8. The van der Waals surface area contributed by atoms with Crippen molar-refractivity contribution in [2.75, 3.05) is 12.4 Å². The lowest BCUT2D eigenvalue weighted by molar-refractivity contribution is 0.0966. The lowest BCUT2D eigenvalue weighted by Gasteiger charge is -2.12. The van der Waals surface area contributed by atoms with Crippen LogP contribution in [-0.2, 0) is 0 Å². The van der Waals surface area contributed by atoms with Gasteiger partial charge in [-0.3, -0.25) is 4.79 Å². The average molecular weight is 275 g/mol. The molecule has 1 atom stereocenters. The van der Waals surface area contributed by atoms with E-state index in [1.807, 2.05) is 25.1 Å². The molecule has 0 unspecified atom stereocenters. The number of benzene rings is 1. The van der Waals surface area contributed by atoms with Gasteiger partial charge in [-0.05, 0) is 19.4 Å². The quantitative estimate of drug-likeness (QED) is 0.902. The molecule has 1 aromatic carbocycles. The third-order valence-electron chi connectivity index (χ3n) is 2.87. The topological polar surface area (TPSA) is 54.0 Å². The van der Waals surface area contributed by atoms with Crippen LogP contribution in [0.1, 0.15) is 33.9 Å². The van der Waals surface area contributed by atoms with Gasteiger partial charge in [0, 0.05) is 7.05 Å². The molecule has 0 fully saturated rings. The van der Waals surface area contributed by atoms with Crippen LogP contribution in [0.4, 0.5) is 5.13 Å². The maximum absolute atomic E-state index is 11.6. The van der Waals surface area contributed by atoms with E-state index in [0.717, 1.165) is 10.8 Å². The Labute approximate surface area is 116 Å². The van der Waals surface area contributed by atoms with E-state index in [4.69, 9.17) is 0 Å². The van der Waals surface area contributed by atoms with Crippen LogP contribution >= 0.6 is 11.3 Å². The molecule has 0 saturated heterocycles. The van der Waals surface area contributed by atoms with Gasteiger partial charge in [0.15, 0.2) is 5.13 Å². The largest absolute Gasteiger partial charge is 0.355 e. The minimum atomic E-state index is -0.0876. The zero-order valence-corrected chi connectivity index (χ0v) is 12.0. The number of hydrogen-bond donors (Lipinski definition) is 2. The fourth-order valence-corrected chi connectivity index (χ4v) is 2.79. The summed E-state index contributed by atoms with van der Waals surface area (Å²) in [7, 11) is 1.63. The number of aromatic nitrogens is 1. The SMILES string of the molecule is CNC(=O)c1sc(N[C@H](C)c2ccccc2)nc1C. The van der Waals surface area contributed by atoms with Crippen molar-refractivity contribution in [3.63, 3.8) is 0 Å². The Bertz CT molecular complexity index is 565. The van der Waals surface area contributed by atoms with Gasteiger partial charge in [-0.2, -0.15) is 0 Å². The van der Waals surface area contributed by atoms with Crippen LogP contribution < -0.4 is 10.6 Å². The summed E-state index contributed by atoms with van der Waals surface area (Å²) < 4.78 is 0. The first-order chi connectivity index (χ1) is 9.11. The third kappa shape index (κ3) is 3.12. The molecule has 1 amide bonds. The smallest absolute Gasteiger partial charge is 0.263 e. The van der Waals surface area contributed by atoms with Gasteiger partial charge in [0.1, 0.15) is 4.88 Å². The summed E-state index contributed by atoms with van der Waals surface area (Å²) in [6.45, 7) is 3.92. The van der Waals surface area contributed by atoms with Crippen LogP contribution in [0.5, 0.6) is 0 Å². The van der Waals surface area contributed by atoms with E-state index in [0.29, 0.717) is 4.88 Å². The Morgan fingerprint density at radius 2 is 2.00 bits per heavy atom. The summed E-state index contributed by atoms with van der Waals surface area (Å²) >= 11 is 1.38. The van der Waals surface area contributed by atoms with Crippen molar-refractivity contribution in [2.45, 2.75) is 19.9 Å². The predicted octanol–water partition coefficient (Wildman–Crippen LogP) is 2.98. The molecule has 2 rings (SSSR count). The molecule has 1 aromatic heterocycles. The molecule has 2 aromatic rings. The Morgan fingerprint density at radius 1 is 1.32 bits per heavy atom. The van der Waals surface area contributed by atoms with Crippen molar-refractivity contribution in [3.05, 3.63) is 46.5 Å². The first kappa shape index (κ1) is 13.5. The molecule has 1 heterocycles. The normalized spacial score (nSPS) is 11.9. The van der Waals surface area contributed by atoms with Crippen molar-refractivity contribution in [2.24, 2.45) is 0 Å². The van der Waals surface area contributed by atoms with Gasteiger partial charge in [0.05, 0.1) is 11.7 Å². The first-order valence-corrected chi connectivity index (χ1v) is 6.94. The summed E-state index contributed by atoms with van der Waals surface area (Å²) in [6.07, 6.45) is 0. The molecule has 0 saturated carbocycles. The summed E-state index contributed by atoms with van der Waals surface area (Å²) in [4.78, 5) is 16.7. The van der Waals surface area contributed by atoms with E-state index in [1.165, 1.54) is 16.9 Å². The monoisotopic (exact) mass is 275 g/mol. The molecule has 0 aliphatic heterocycles. The van der Waals surface area contributed by atoms with Crippen LogP contribution in [-0.4, -0.2) is 17.9 Å². The predicted molar refractivity (Wildman–Crippen MR) is 78.7 cm³/mol. The van der Waals surface area contributed by atoms with Gasteiger partial charge in [-0.15, -0.1) is 0 Å². The van der Waals surface area contributed by atoms with Crippen molar-refractivity contribution in [1.29, 1.82) is 0 Å². The molecule has 0 bridgehead atoms. The molecule has 100 valence electrons. The van der Waals surface area contributed by atoms with Crippen LogP contribution in [0.15, 0.2) is 30.3 Å². The lowest BCUT2D eigenvalue weighted by atomic mass is 10.1. The highest BCUT2D eigenvalue weighted by molar-refractivity contribution is 7.17. The third-order valence-corrected chi connectivity index (χ3v) is 3.96. The standard InChI is InChI=1S/C14H17N3OS/c1-9(11-7-5-4-6-8-11)16-14-17-10(2)12(19-14)13(18)15-3/h4-9H,1-3H3,(H,15,18)(H,16,17)/t9-/m1/s1.